The van der Waals surface area contributed by atoms with Crippen molar-refractivity contribution >= 4 is 0 Å². The van der Waals surface area contributed by atoms with Gasteiger partial charge >= 0.3 is 0 Å². The number of rotatable bonds is 6. The molecule has 3 rings (SSSR count). The highest BCUT2D eigenvalue weighted by molar-refractivity contribution is 4.74. The monoisotopic (exact) mass is 280 g/mol. The molecule has 0 aliphatic carbocycles. The minimum atomic E-state index is 0.348. The van der Waals surface area contributed by atoms with Gasteiger partial charge in [-0.15, -0.1) is 0 Å². The Morgan fingerprint density at radius 3 is 2.80 bits per heavy atom. The van der Waals surface area contributed by atoms with Crippen molar-refractivity contribution in [1.29, 1.82) is 0 Å². The van der Waals surface area contributed by atoms with Crippen LogP contribution in [0.3, 0.4) is 0 Å². The summed E-state index contributed by atoms with van der Waals surface area (Å²) >= 11 is 0. The van der Waals surface area contributed by atoms with Gasteiger partial charge in [-0.25, -0.2) is 4.98 Å². The second-order valence-corrected chi connectivity index (χ2v) is 5.67. The first-order chi connectivity index (χ1) is 9.90. The number of piperidine rings is 1. The molecule has 3 heterocycles. The number of hydrogen-bond donors (Lipinski definition) is 0. The van der Waals surface area contributed by atoms with Gasteiger partial charge in [0.25, 0.3) is 0 Å². The smallest absolute Gasteiger partial charge is 0.137 e. The molecule has 0 spiro atoms. The predicted molar refractivity (Wildman–Crippen MR) is 74.4 cm³/mol. The van der Waals surface area contributed by atoms with E-state index in [1.54, 1.807) is 12.7 Å². The summed E-state index contributed by atoms with van der Waals surface area (Å²) in [5, 5.41) is 4.13. The summed E-state index contributed by atoms with van der Waals surface area (Å²) in [6.45, 7) is 5.89. The Balaban J connectivity index is 1.30. The third-order valence-corrected chi connectivity index (χ3v) is 4.19. The Bertz CT molecular complexity index is 371. The van der Waals surface area contributed by atoms with E-state index in [0.29, 0.717) is 12.2 Å². The van der Waals surface area contributed by atoms with Crippen molar-refractivity contribution < 1.29 is 9.47 Å². The molecule has 0 saturated carbocycles. The predicted octanol–water partition coefficient (Wildman–Crippen LogP) is 0.938. The van der Waals surface area contributed by atoms with E-state index in [0.717, 1.165) is 58.7 Å². The van der Waals surface area contributed by atoms with Gasteiger partial charge in [0.15, 0.2) is 0 Å². The van der Waals surface area contributed by atoms with E-state index in [9.17, 15) is 0 Å². The van der Waals surface area contributed by atoms with Crippen LogP contribution in [0.5, 0.6) is 0 Å². The lowest BCUT2D eigenvalue weighted by Gasteiger charge is -2.32. The van der Waals surface area contributed by atoms with Gasteiger partial charge in [-0.2, -0.15) is 5.10 Å². The van der Waals surface area contributed by atoms with Crippen LogP contribution in [0.15, 0.2) is 12.7 Å². The van der Waals surface area contributed by atoms with Crippen LogP contribution >= 0.6 is 0 Å². The molecule has 1 atom stereocenters. The number of nitrogens with zero attached hydrogens (tertiary/aromatic N) is 4. The molecular weight excluding hydrogens is 256 g/mol. The minimum Gasteiger partial charge on any atom is -0.376 e. The van der Waals surface area contributed by atoms with E-state index in [1.807, 2.05) is 4.68 Å². The molecule has 2 fully saturated rings. The largest absolute Gasteiger partial charge is 0.376 e. The molecule has 0 radical (unpaired) electrons. The molecule has 0 amide bonds. The second kappa shape index (κ2) is 7.15. The van der Waals surface area contributed by atoms with E-state index >= 15 is 0 Å². The molecule has 112 valence electrons. The molecular formula is C14H24N4O2. The van der Waals surface area contributed by atoms with Gasteiger partial charge in [-0.1, -0.05) is 0 Å². The van der Waals surface area contributed by atoms with Gasteiger partial charge in [-0.3, -0.25) is 4.68 Å². The Morgan fingerprint density at radius 2 is 2.10 bits per heavy atom. The standard InChI is InChI=1S/C14H24N4O2/c1-2-14(19-9-1)10-20-13-3-5-17(6-4-13)7-8-18-12-15-11-16-18/h11-14H,1-10H2/t14-/m0/s1. The van der Waals surface area contributed by atoms with Crippen LogP contribution in [0.25, 0.3) is 0 Å². The maximum absolute atomic E-state index is 5.99. The minimum absolute atomic E-state index is 0.348. The van der Waals surface area contributed by atoms with Crippen molar-refractivity contribution in [1.82, 2.24) is 19.7 Å². The van der Waals surface area contributed by atoms with Gasteiger partial charge in [-0.05, 0) is 25.7 Å². The fourth-order valence-corrected chi connectivity index (χ4v) is 2.91. The van der Waals surface area contributed by atoms with Gasteiger partial charge < -0.3 is 14.4 Å². The molecule has 0 unspecified atom stereocenters. The Kier molecular flexibility index (Phi) is 5.00. The highest BCUT2D eigenvalue weighted by Gasteiger charge is 2.22. The van der Waals surface area contributed by atoms with Crippen LogP contribution in [0, 0.1) is 0 Å². The third kappa shape index (κ3) is 4.01. The summed E-state index contributed by atoms with van der Waals surface area (Å²) in [4.78, 5) is 6.44. The number of likely N-dealkylation sites (tertiary alicyclic amines) is 1. The molecule has 6 heteroatoms. The zero-order chi connectivity index (χ0) is 13.6. The summed E-state index contributed by atoms with van der Waals surface area (Å²) in [7, 11) is 0. The first-order valence-corrected chi connectivity index (χ1v) is 7.68. The Labute approximate surface area is 120 Å². The van der Waals surface area contributed by atoms with Crippen LogP contribution in [-0.4, -0.2) is 64.7 Å². The molecule has 1 aromatic heterocycles. The Morgan fingerprint density at radius 1 is 1.20 bits per heavy atom. The van der Waals surface area contributed by atoms with E-state index < -0.39 is 0 Å². The van der Waals surface area contributed by atoms with Crippen LogP contribution in [0.2, 0.25) is 0 Å². The maximum atomic E-state index is 5.99. The van der Waals surface area contributed by atoms with Crippen LogP contribution in [0.1, 0.15) is 25.7 Å². The number of ether oxygens (including phenoxy) is 2. The average Bonchev–Trinajstić information content (AvgIpc) is 3.17. The van der Waals surface area contributed by atoms with E-state index in [2.05, 4.69) is 15.0 Å². The first-order valence-electron chi connectivity index (χ1n) is 7.68. The molecule has 2 aliphatic heterocycles. The summed E-state index contributed by atoms with van der Waals surface area (Å²) in [5.41, 5.74) is 0. The molecule has 2 aliphatic rings. The maximum Gasteiger partial charge on any atom is 0.137 e. The lowest BCUT2D eigenvalue weighted by atomic mass is 10.1. The lowest BCUT2D eigenvalue weighted by Crippen LogP contribution is -2.39. The van der Waals surface area contributed by atoms with Crippen molar-refractivity contribution in [2.75, 3.05) is 32.8 Å². The summed E-state index contributed by atoms with van der Waals surface area (Å²) < 4.78 is 13.5. The zero-order valence-corrected chi connectivity index (χ0v) is 12.0. The van der Waals surface area contributed by atoms with Crippen molar-refractivity contribution in [3.8, 4) is 0 Å². The molecule has 0 N–H and O–H groups in total. The first kappa shape index (κ1) is 14.0. The number of hydrogen-bond acceptors (Lipinski definition) is 5. The summed E-state index contributed by atoms with van der Waals surface area (Å²) in [5.74, 6) is 0. The van der Waals surface area contributed by atoms with Gasteiger partial charge in [0, 0.05) is 26.2 Å². The highest BCUT2D eigenvalue weighted by atomic mass is 16.5. The molecule has 0 bridgehead atoms. The van der Waals surface area contributed by atoms with Gasteiger partial charge in [0.05, 0.1) is 25.4 Å². The van der Waals surface area contributed by atoms with Crippen LogP contribution in [0.4, 0.5) is 0 Å². The molecule has 1 aromatic rings. The fraction of sp³-hybridized carbons (Fsp3) is 0.857. The quantitative estimate of drug-likeness (QED) is 0.776. The average molecular weight is 280 g/mol. The second-order valence-electron chi connectivity index (χ2n) is 5.67. The van der Waals surface area contributed by atoms with Crippen molar-refractivity contribution in [2.24, 2.45) is 0 Å². The summed E-state index contributed by atoms with van der Waals surface area (Å²) in [6.07, 6.45) is 8.74. The lowest BCUT2D eigenvalue weighted by molar-refractivity contribution is -0.0421. The van der Waals surface area contributed by atoms with Crippen molar-refractivity contribution in [3.05, 3.63) is 12.7 Å². The van der Waals surface area contributed by atoms with E-state index in [4.69, 9.17) is 9.47 Å². The van der Waals surface area contributed by atoms with Crippen LogP contribution in [-0.2, 0) is 16.0 Å². The molecule has 20 heavy (non-hydrogen) atoms. The Hall–Kier alpha value is -0.980. The molecule has 0 aromatic carbocycles. The number of aromatic nitrogens is 3. The van der Waals surface area contributed by atoms with Crippen LogP contribution < -0.4 is 0 Å². The SMILES string of the molecule is c1ncn(CCN2CCC(OC[C@@H]3CCCO3)CC2)n1. The molecule has 6 nitrogen and oxygen atoms in total. The van der Waals surface area contributed by atoms with E-state index in [-0.39, 0.29) is 0 Å². The highest BCUT2D eigenvalue weighted by Crippen LogP contribution is 2.17. The zero-order valence-electron chi connectivity index (χ0n) is 12.0. The van der Waals surface area contributed by atoms with E-state index in [1.165, 1.54) is 6.42 Å². The van der Waals surface area contributed by atoms with Crippen molar-refractivity contribution in [2.45, 2.75) is 44.4 Å². The summed E-state index contributed by atoms with van der Waals surface area (Å²) in [6, 6.07) is 0. The fourth-order valence-electron chi connectivity index (χ4n) is 2.91. The van der Waals surface area contributed by atoms with Crippen molar-refractivity contribution in [3.63, 3.8) is 0 Å². The topological polar surface area (TPSA) is 52.4 Å². The molecule has 2 saturated heterocycles. The van der Waals surface area contributed by atoms with Gasteiger partial charge in [0.2, 0.25) is 0 Å². The normalized spacial score (nSPS) is 25.3. The third-order valence-electron chi connectivity index (χ3n) is 4.19. The van der Waals surface area contributed by atoms with Gasteiger partial charge in [0.1, 0.15) is 12.7 Å².